The number of methoxy groups -OCH3 is 1. The molecule has 47 heavy (non-hydrogen) atoms. The molecule has 0 N–H and O–H groups in total. The molecule has 6 nitrogen and oxygen atoms in total. The standard InChI is InChI=1S/C35H36F5NO5S/c1-45-33(42)23-7-5-22(6-8-23)20-41-18-17-34(47(43,44)27-13-10-25(36)11-14-27)29-15-12-26(19-24(29)9-16-32(34)41)46-21-28-30(35(38,39)40)3-2-4-31(28)37/h2-4,10-15,19,22-23,32H,5-9,16-18,20-21H2,1H3/t22?,23?,32-,34-/m1/s1. The highest BCUT2D eigenvalue weighted by atomic mass is 32.2. The van der Waals surface area contributed by atoms with E-state index in [9.17, 15) is 35.2 Å². The lowest BCUT2D eigenvalue weighted by Gasteiger charge is -2.43. The van der Waals surface area contributed by atoms with Gasteiger partial charge in [-0.15, -0.1) is 0 Å². The van der Waals surface area contributed by atoms with Crippen molar-refractivity contribution in [1.82, 2.24) is 4.90 Å². The molecule has 0 spiro atoms. The number of ether oxygens (including phenoxy) is 2. The number of sulfone groups is 1. The van der Waals surface area contributed by atoms with Crippen molar-refractivity contribution in [2.75, 3.05) is 20.2 Å². The highest BCUT2D eigenvalue weighted by molar-refractivity contribution is 7.92. The molecule has 0 bridgehead atoms. The number of likely N-dealkylation sites (tertiary alicyclic amines) is 1. The van der Waals surface area contributed by atoms with Gasteiger partial charge < -0.3 is 9.47 Å². The van der Waals surface area contributed by atoms with Crippen molar-refractivity contribution in [1.29, 1.82) is 0 Å². The molecule has 2 atom stereocenters. The van der Waals surface area contributed by atoms with E-state index in [0.29, 0.717) is 43.5 Å². The molecule has 252 valence electrons. The normalized spacial score (nSPS) is 24.8. The summed E-state index contributed by atoms with van der Waals surface area (Å²) in [7, 11) is -2.68. The number of aryl methyl sites for hydroxylation is 1. The Bertz CT molecular complexity index is 1740. The number of alkyl halides is 3. The van der Waals surface area contributed by atoms with Gasteiger partial charge in [0.15, 0.2) is 9.84 Å². The van der Waals surface area contributed by atoms with E-state index in [0.717, 1.165) is 56.0 Å². The van der Waals surface area contributed by atoms with Crippen molar-refractivity contribution < 1.29 is 44.6 Å². The molecular formula is C35H36F5NO5S. The SMILES string of the molecule is COC(=O)C1CCC(CN2CC[C@@]3(S(=O)(=O)c4ccc(F)cc4)c4ccc(OCc5c(F)cccc5C(F)(F)F)cc4CC[C@@H]23)CC1. The zero-order chi connectivity index (χ0) is 33.6. The van der Waals surface area contributed by atoms with E-state index in [-0.39, 0.29) is 34.5 Å². The Labute approximate surface area is 270 Å². The summed E-state index contributed by atoms with van der Waals surface area (Å²) in [5.41, 5.74) is -0.452. The fourth-order valence-electron chi connectivity index (χ4n) is 7.93. The summed E-state index contributed by atoms with van der Waals surface area (Å²) in [6.45, 7) is 0.543. The molecule has 12 heteroatoms. The Morgan fingerprint density at radius 3 is 2.38 bits per heavy atom. The number of carbonyl (C=O) groups is 1. The van der Waals surface area contributed by atoms with Crippen LogP contribution in [0.4, 0.5) is 22.0 Å². The van der Waals surface area contributed by atoms with E-state index in [2.05, 4.69) is 4.90 Å². The summed E-state index contributed by atoms with van der Waals surface area (Å²) in [6.07, 6.45) is -0.368. The van der Waals surface area contributed by atoms with Gasteiger partial charge in [0.25, 0.3) is 0 Å². The van der Waals surface area contributed by atoms with Gasteiger partial charge in [-0.05, 0) is 111 Å². The maximum absolute atomic E-state index is 14.6. The Morgan fingerprint density at radius 2 is 1.70 bits per heavy atom. The number of fused-ring (bicyclic) bond motifs is 3. The maximum Gasteiger partial charge on any atom is 0.416 e. The molecule has 1 aliphatic heterocycles. The molecule has 1 saturated carbocycles. The Hall–Kier alpha value is -3.51. The number of rotatable bonds is 8. The summed E-state index contributed by atoms with van der Waals surface area (Å²) in [5.74, 6) is -1.42. The summed E-state index contributed by atoms with van der Waals surface area (Å²) in [4.78, 5) is 14.3. The topological polar surface area (TPSA) is 72.9 Å². The summed E-state index contributed by atoms with van der Waals surface area (Å²) in [5, 5.41) is 0. The van der Waals surface area contributed by atoms with E-state index < -0.39 is 50.1 Å². The van der Waals surface area contributed by atoms with Crippen molar-refractivity contribution >= 4 is 15.8 Å². The van der Waals surface area contributed by atoms with E-state index in [4.69, 9.17) is 9.47 Å². The molecule has 0 aromatic heterocycles. The van der Waals surface area contributed by atoms with Gasteiger partial charge in [-0.1, -0.05) is 12.1 Å². The molecule has 1 heterocycles. The third-order valence-corrected chi connectivity index (χ3v) is 12.8. The molecule has 0 radical (unpaired) electrons. The number of nitrogens with zero attached hydrogens (tertiary/aromatic N) is 1. The molecule has 3 aliphatic rings. The zero-order valence-electron chi connectivity index (χ0n) is 25.9. The average molecular weight is 678 g/mol. The number of carbonyl (C=O) groups excluding carboxylic acids is 1. The molecule has 3 aromatic carbocycles. The first-order valence-electron chi connectivity index (χ1n) is 15.8. The van der Waals surface area contributed by atoms with Gasteiger partial charge in [0, 0.05) is 24.7 Å². The predicted molar refractivity (Wildman–Crippen MR) is 163 cm³/mol. The minimum atomic E-state index is -4.76. The van der Waals surface area contributed by atoms with Crippen molar-refractivity contribution in [2.45, 2.75) is 73.4 Å². The number of hydrogen-bond donors (Lipinski definition) is 0. The highest BCUT2D eigenvalue weighted by Gasteiger charge is 2.60. The monoisotopic (exact) mass is 677 g/mol. The molecule has 0 amide bonds. The van der Waals surface area contributed by atoms with Crippen molar-refractivity contribution in [3.8, 4) is 5.75 Å². The molecule has 1 saturated heterocycles. The van der Waals surface area contributed by atoms with Crippen LogP contribution in [0.25, 0.3) is 0 Å². The van der Waals surface area contributed by atoms with Gasteiger partial charge in [-0.25, -0.2) is 17.2 Å². The van der Waals surface area contributed by atoms with Crippen LogP contribution in [0, 0.1) is 23.5 Å². The Morgan fingerprint density at radius 1 is 0.979 bits per heavy atom. The lowest BCUT2D eigenvalue weighted by atomic mass is 9.78. The lowest BCUT2D eigenvalue weighted by Crippen LogP contribution is -2.51. The van der Waals surface area contributed by atoms with Crippen LogP contribution in [0.3, 0.4) is 0 Å². The quantitative estimate of drug-likeness (QED) is 0.142. The second-order valence-electron chi connectivity index (χ2n) is 12.8. The van der Waals surface area contributed by atoms with Crippen LogP contribution in [0.15, 0.2) is 65.6 Å². The van der Waals surface area contributed by atoms with Gasteiger partial charge >= 0.3 is 12.1 Å². The third-order valence-electron chi connectivity index (χ3n) is 10.3. The summed E-state index contributed by atoms with van der Waals surface area (Å²) < 4.78 is 107. The van der Waals surface area contributed by atoms with Gasteiger partial charge in [0.1, 0.15) is 28.7 Å². The Balaban J connectivity index is 1.31. The van der Waals surface area contributed by atoms with Gasteiger partial charge in [0.05, 0.1) is 23.5 Å². The number of hydrogen-bond acceptors (Lipinski definition) is 6. The van der Waals surface area contributed by atoms with E-state index in [1.165, 1.54) is 25.3 Å². The smallest absolute Gasteiger partial charge is 0.416 e. The van der Waals surface area contributed by atoms with Crippen LogP contribution < -0.4 is 4.74 Å². The van der Waals surface area contributed by atoms with Crippen molar-refractivity contribution in [3.05, 3.63) is 94.6 Å². The summed E-state index contributed by atoms with van der Waals surface area (Å²) >= 11 is 0. The lowest BCUT2D eigenvalue weighted by molar-refractivity contribution is -0.147. The number of halogens is 5. The molecular weight excluding hydrogens is 641 g/mol. The fraction of sp³-hybridized carbons (Fsp3) is 0.457. The molecule has 3 aromatic rings. The van der Waals surface area contributed by atoms with Gasteiger partial charge in [-0.2, -0.15) is 13.2 Å². The first kappa shape index (κ1) is 33.4. The zero-order valence-corrected chi connectivity index (χ0v) is 26.7. The van der Waals surface area contributed by atoms with Crippen LogP contribution >= 0.6 is 0 Å². The average Bonchev–Trinajstić information content (AvgIpc) is 3.43. The van der Waals surface area contributed by atoms with Crippen molar-refractivity contribution in [2.24, 2.45) is 11.8 Å². The highest BCUT2D eigenvalue weighted by Crippen LogP contribution is 2.53. The van der Waals surface area contributed by atoms with Gasteiger partial charge in [0.2, 0.25) is 0 Å². The second-order valence-corrected chi connectivity index (χ2v) is 15.0. The summed E-state index contributed by atoms with van der Waals surface area (Å²) in [6, 6.07) is 12.0. The maximum atomic E-state index is 14.6. The van der Waals surface area contributed by atoms with Crippen LogP contribution in [-0.4, -0.2) is 45.5 Å². The number of esters is 1. The first-order valence-corrected chi connectivity index (χ1v) is 17.3. The molecule has 0 unspecified atom stereocenters. The molecule has 2 fully saturated rings. The van der Waals surface area contributed by atoms with E-state index >= 15 is 0 Å². The van der Waals surface area contributed by atoms with Crippen molar-refractivity contribution in [3.63, 3.8) is 0 Å². The predicted octanol–water partition coefficient (Wildman–Crippen LogP) is 7.23. The minimum absolute atomic E-state index is 0.0109. The van der Waals surface area contributed by atoms with E-state index in [1.807, 2.05) is 0 Å². The number of benzene rings is 3. The van der Waals surface area contributed by atoms with Crippen LogP contribution in [0.5, 0.6) is 5.75 Å². The van der Waals surface area contributed by atoms with Crippen LogP contribution in [-0.2, 0) is 43.3 Å². The van der Waals surface area contributed by atoms with E-state index in [1.54, 1.807) is 12.1 Å². The van der Waals surface area contributed by atoms with Crippen LogP contribution in [0.1, 0.15) is 60.8 Å². The fourth-order valence-corrected chi connectivity index (χ4v) is 10.3. The second kappa shape index (κ2) is 12.8. The molecule has 2 aliphatic carbocycles. The Kier molecular flexibility index (Phi) is 9.12. The third kappa shape index (κ3) is 6.14. The molecule has 6 rings (SSSR count). The minimum Gasteiger partial charge on any atom is -0.489 e. The van der Waals surface area contributed by atoms with Crippen LogP contribution in [0.2, 0.25) is 0 Å². The van der Waals surface area contributed by atoms with Gasteiger partial charge in [-0.3, -0.25) is 9.69 Å². The largest absolute Gasteiger partial charge is 0.489 e. The first-order chi connectivity index (χ1) is 22.3.